The number of carbonyl (C=O) groups excluding carboxylic acids is 1. The smallest absolute Gasteiger partial charge is 0.256 e. The van der Waals surface area contributed by atoms with Gasteiger partial charge >= 0.3 is 0 Å². The summed E-state index contributed by atoms with van der Waals surface area (Å²) in [6.45, 7) is 0. The number of pyridine rings is 1. The lowest BCUT2D eigenvalue weighted by molar-refractivity contribution is 0.102. The number of fused-ring (bicyclic) bond motifs is 1. The monoisotopic (exact) mass is 436 g/mol. The normalized spacial score (nSPS) is 10.7. The maximum Gasteiger partial charge on any atom is 0.256 e. The van der Waals surface area contributed by atoms with Crippen LogP contribution < -0.4 is 5.32 Å². The van der Waals surface area contributed by atoms with Gasteiger partial charge in [-0.05, 0) is 36.4 Å². The number of para-hydroxylation sites is 2. The topological polar surface area (TPSA) is 42.0 Å². The van der Waals surface area contributed by atoms with Crippen LogP contribution in [-0.4, -0.2) is 10.9 Å². The summed E-state index contributed by atoms with van der Waals surface area (Å²) in [5, 5.41) is 4.19. The summed E-state index contributed by atoms with van der Waals surface area (Å²) in [6.07, 6.45) is 0. The van der Waals surface area contributed by atoms with Crippen LogP contribution in [-0.2, 0) is 0 Å². The molecule has 0 fully saturated rings. The molecule has 0 spiro atoms. The molecule has 5 heteroatoms. The molecular formula is C22H14BrClN2O. The van der Waals surface area contributed by atoms with E-state index in [1.165, 1.54) is 0 Å². The fourth-order valence-corrected chi connectivity index (χ4v) is 3.49. The van der Waals surface area contributed by atoms with Crippen molar-refractivity contribution in [1.29, 1.82) is 0 Å². The van der Waals surface area contributed by atoms with Crippen LogP contribution in [0, 0.1) is 0 Å². The molecule has 4 rings (SSSR count). The second-order valence-corrected chi connectivity index (χ2v) is 7.34. The number of hydrogen-bond donors (Lipinski definition) is 1. The molecule has 0 atom stereocenters. The van der Waals surface area contributed by atoms with Crippen molar-refractivity contribution in [3.05, 3.63) is 93.9 Å². The van der Waals surface area contributed by atoms with Crippen molar-refractivity contribution in [3.63, 3.8) is 0 Å². The molecule has 0 aliphatic carbocycles. The molecule has 0 bridgehead atoms. The maximum absolute atomic E-state index is 13.0. The second kappa shape index (κ2) is 7.51. The fourth-order valence-electron chi connectivity index (χ4n) is 2.91. The predicted molar refractivity (Wildman–Crippen MR) is 114 cm³/mol. The Morgan fingerprint density at radius 3 is 2.52 bits per heavy atom. The Kier molecular flexibility index (Phi) is 4.92. The summed E-state index contributed by atoms with van der Waals surface area (Å²) in [4.78, 5) is 17.8. The molecule has 3 aromatic carbocycles. The van der Waals surface area contributed by atoms with E-state index < -0.39 is 0 Å². The molecule has 0 aliphatic heterocycles. The fraction of sp³-hybridized carbons (Fsp3) is 0. The Morgan fingerprint density at radius 1 is 0.926 bits per heavy atom. The van der Waals surface area contributed by atoms with E-state index in [1.54, 1.807) is 12.1 Å². The van der Waals surface area contributed by atoms with Crippen molar-refractivity contribution in [2.45, 2.75) is 0 Å². The second-order valence-electron chi connectivity index (χ2n) is 6.02. The number of carbonyl (C=O) groups is 1. The van der Waals surface area contributed by atoms with Gasteiger partial charge in [0.1, 0.15) is 0 Å². The van der Waals surface area contributed by atoms with Gasteiger partial charge in [0.15, 0.2) is 0 Å². The molecule has 1 heterocycles. The van der Waals surface area contributed by atoms with Gasteiger partial charge in [-0.25, -0.2) is 4.98 Å². The van der Waals surface area contributed by atoms with Gasteiger partial charge in [0, 0.05) is 15.4 Å². The first kappa shape index (κ1) is 17.7. The van der Waals surface area contributed by atoms with Crippen molar-refractivity contribution in [2.24, 2.45) is 0 Å². The zero-order valence-corrected chi connectivity index (χ0v) is 16.5. The zero-order valence-electron chi connectivity index (χ0n) is 14.1. The quantitative estimate of drug-likeness (QED) is 0.394. The van der Waals surface area contributed by atoms with E-state index in [0.717, 1.165) is 26.6 Å². The summed E-state index contributed by atoms with van der Waals surface area (Å²) in [5.74, 6) is -0.224. The lowest BCUT2D eigenvalue weighted by Gasteiger charge is -2.11. The predicted octanol–water partition coefficient (Wildman–Crippen LogP) is 6.57. The number of anilines is 1. The number of benzene rings is 3. The van der Waals surface area contributed by atoms with E-state index in [4.69, 9.17) is 16.6 Å². The van der Waals surface area contributed by atoms with Crippen LogP contribution in [0.2, 0.25) is 5.02 Å². The molecule has 0 unspecified atom stereocenters. The highest BCUT2D eigenvalue weighted by Crippen LogP contribution is 2.28. The van der Waals surface area contributed by atoms with Crippen LogP contribution in [0.15, 0.2) is 83.3 Å². The number of aromatic nitrogens is 1. The summed E-state index contributed by atoms with van der Waals surface area (Å²) >= 11 is 9.67. The number of hydrogen-bond acceptors (Lipinski definition) is 2. The molecular weight excluding hydrogens is 424 g/mol. The van der Waals surface area contributed by atoms with Gasteiger partial charge in [-0.2, -0.15) is 0 Å². The summed E-state index contributed by atoms with van der Waals surface area (Å²) in [7, 11) is 0. The maximum atomic E-state index is 13.0. The van der Waals surface area contributed by atoms with Gasteiger partial charge in [-0.3, -0.25) is 4.79 Å². The average molecular weight is 438 g/mol. The summed E-state index contributed by atoms with van der Waals surface area (Å²) in [5.41, 5.74) is 3.56. The first-order valence-electron chi connectivity index (χ1n) is 8.33. The number of rotatable bonds is 3. The largest absolute Gasteiger partial charge is 0.321 e. The van der Waals surface area contributed by atoms with Gasteiger partial charge in [-0.1, -0.05) is 70.0 Å². The molecule has 1 N–H and O–H groups in total. The molecule has 27 heavy (non-hydrogen) atoms. The van der Waals surface area contributed by atoms with Crippen molar-refractivity contribution < 1.29 is 4.79 Å². The Balaban J connectivity index is 1.83. The van der Waals surface area contributed by atoms with Crippen LogP contribution in [0.3, 0.4) is 0 Å². The van der Waals surface area contributed by atoms with E-state index in [9.17, 15) is 4.79 Å². The van der Waals surface area contributed by atoms with Gasteiger partial charge in [-0.15, -0.1) is 0 Å². The minimum absolute atomic E-state index is 0.224. The van der Waals surface area contributed by atoms with Crippen molar-refractivity contribution >= 4 is 50.0 Å². The van der Waals surface area contributed by atoms with E-state index >= 15 is 0 Å². The minimum Gasteiger partial charge on any atom is -0.321 e. The van der Waals surface area contributed by atoms with Crippen molar-refractivity contribution in [1.82, 2.24) is 4.98 Å². The zero-order chi connectivity index (χ0) is 18.8. The van der Waals surface area contributed by atoms with Gasteiger partial charge < -0.3 is 5.32 Å². The lowest BCUT2D eigenvalue weighted by atomic mass is 10.0. The number of nitrogens with one attached hydrogen (secondary N) is 1. The number of halogens is 2. The van der Waals surface area contributed by atoms with Crippen molar-refractivity contribution in [2.75, 3.05) is 5.32 Å². The highest BCUT2D eigenvalue weighted by Gasteiger charge is 2.15. The molecule has 132 valence electrons. The van der Waals surface area contributed by atoms with E-state index in [-0.39, 0.29) is 5.91 Å². The van der Waals surface area contributed by atoms with Gasteiger partial charge in [0.2, 0.25) is 0 Å². The third kappa shape index (κ3) is 3.72. The first-order valence-corrected chi connectivity index (χ1v) is 9.50. The molecule has 0 saturated carbocycles. The van der Waals surface area contributed by atoms with Crippen LogP contribution in [0.25, 0.3) is 22.2 Å². The van der Waals surface area contributed by atoms with Crippen LogP contribution in [0.4, 0.5) is 5.69 Å². The van der Waals surface area contributed by atoms with E-state index in [2.05, 4.69) is 21.2 Å². The van der Waals surface area contributed by atoms with E-state index in [0.29, 0.717) is 16.3 Å². The van der Waals surface area contributed by atoms with Crippen LogP contribution >= 0.6 is 27.5 Å². The van der Waals surface area contributed by atoms with Crippen molar-refractivity contribution in [3.8, 4) is 11.3 Å². The first-order chi connectivity index (χ1) is 13.1. The third-order valence-electron chi connectivity index (χ3n) is 4.20. The summed E-state index contributed by atoms with van der Waals surface area (Å²) < 4.78 is 0.956. The minimum atomic E-state index is -0.224. The molecule has 1 amide bonds. The third-order valence-corrected chi connectivity index (χ3v) is 5.03. The molecule has 0 saturated heterocycles. The molecule has 1 aromatic heterocycles. The molecule has 3 nitrogen and oxygen atoms in total. The molecule has 4 aromatic rings. The number of nitrogens with zero attached hydrogens (tertiary/aromatic N) is 1. The van der Waals surface area contributed by atoms with Gasteiger partial charge in [0.05, 0.1) is 27.5 Å². The lowest BCUT2D eigenvalue weighted by Crippen LogP contribution is -2.13. The van der Waals surface area contributed by atoms with Crippen LogP contribution in [0.1, 0.15) is 10.4 Å². The Morgan fingerprint density at radius 2 is 1.70 bits per heavy atom. The van der Waals surface area contributed by atoms with Crippen LogP contribution in [0.5, 0.6) is 0 Å². The number of amides is 1. The van der Waals surface area contributed by atoms with E-state index in [1.807, 2.05) is 66.7 Å². The Bertz CT molecular complexity index is 1160. The highest BCUT2D eigenvalue weighted by molar-refractivity contribution is 9.10. The average Bonchev–Trinajstić information content (AvgIpc) is 2.69. The molecule has 0 radical (unpaired) electrons. The Hall–Kier alpha value is -2.69. The molecule has 0 aliphatic rings. The standard InChI is InChI=1S/C22H14BrClN2O/c23-15-7-5-6-14(12-15)21-13-17(16-8-1-3-10-19(16)25-21)22(27)26-20-11-4-2-9-18(20)24/h1-13H,(H,26,27). The highest BCUT2D eigenvalue weighted by atomic mass is 79.9. The SMILES string of the molecule is O=C(Nc1ccccc1Cl)c1cc(-c2cccc(Br)c2)nc2ccccc12. The Labute approximate surface area is 170 Å². The van der Waals surface area contributed by atoms with Gasteiger partial charge in [0.25, 0.3) is 5.91 Å². The summed E-state index contributed by atoms with van der Waals surface area (Å²) in [6, 6.07) is 24.5.